The van der Waals surface area contributed by atoms with E-state index in [2.05, 4.69) is 41.7 Å². The summed E-state index contributed by atoms with van der Waals surface area (Å²) >= 11 is 0. The lowest BCUT2D eigenvalue weighted by atomic mass is 10.00. The molecule has 2 saturated carbocycles. The molecule has 0 radical (unpaired) electrons. The molecule has 54 heavy (non-hydrogen) atoms. The van der Waals surface area contributed by atoms with Gasteiger partial charge in [-0.15, -0.1) is 0 Å². The maximum atomic E-state index is 12.7. The molecule has 19 heteroatoms. The van der Waals surface area contributed by atoms with Gasteiger partial charge in [-0.3, -0.25) is 23.4 Å². The minimum Gasteiger partial charge on any atom is -0.460 e. The second-order valence-corrected chi connectivity index (χ2v) is 14.6. The van der Waals surface area contributed by atoms with Crippen LogP contribution in [0.1, 0.15) is 99.4 Å². The lowest BCUT2D eigenvalue weighted by Gasteiger charge is -2.15. The Kier molecular flexibility index (Phi) is 12.8. The molecule has 0 aromatic carbocycles. The van der Waals surface area contributed by atoms with Crippen LogP contribution in [0.4, 0.5) is 11.6 Å². The van der Waals surface area contributed by atoms with Gasteiger partial charge in [0, 0.05) is 37.0 Å². The third-order valence-electron chi connectivity index (χ3n) is 9.44. The lowest BCUT2D eigenvalue weighted by Crippen LogP contribution is -2.24. The van der Waals surface area contributed by atoms with E-state index in [4.69, 9.17) is 14.0 Å². The molecule has 18 nitrogen and oxygen atoms in total. The number of aromatic nitrogens is 4. The van der Waals surface area contributed by atoms with E-state index in [1.807, 2.05) is 0 Å². The predicted molar refractivity (Wildman–Crippen MR) is 190 cm³/mol. The van der Waals surface area contributed by atoms with Gasteiger partial charge in [0.2, 0.25) is 11.6 Å². The van der Waals surface area contributed by atoms with Gasteiger partial charge >= 0.3 is 10.3 Å². The summed E-state index contributed by atoms with van der Waals surface area (Å²) in [5.74, 6) is -0.344. The maximum Gasteiger partial charge on any atom is 0.333 e. The number of nitrogens with two attached hydrogens (primary N) is 1. The van der Waals surface area contributed by atoms with Gasteiger partial charge in [-0.05, 0) is 63.5 Å². The quantitative estimate of drug-likeness (QED) is 0.115. The van der Waals surface area contributed by atoms with Gasteiger partial charge in [0.1, 0.15) is 36.8 Å². The smallest absolute Gasteiger partial charge is 0.333 e. The Morgan fingerprint density at radius 2 is 1.31 bits per heavy atom. The van der Waals surface area contributed by atoms with Crippen molar-refractivity contribution in [3.8, 4) is 0 Å². The minimum atomic E-state index is -4.10. The molecule has 4 heterocycles. The molecule has 2 aliphatic rings. The molecule has 2 fully saturated rings. The Morgan fingerprint density at radius 3 is 1.74 bits per heavy atom. The average molecular weight is 768 g/mol. The Balaban J connectivity index is 0.000000210. The summed E-state index contributed by atoms with van der Waals surface area (Å²) in [5.41, 5.74) is 1.06. The average Bonchev–Trinajstić information content (AvgIpc) is 3.94. The highest BCUT2D eigenvalue weighted by Gasteiger charge is 2.35. The molecule has 4 aromatic heterocycles. The highest BCUT2D eigenvalue weighted by molar-refractivity contribution is 7.84. The number of ketones is 4. The number of carbonyl (C=O) groups excluding carboxylic acids is 4. The highest BCUT2D eigenvalue weighted by atomic mass is 32.2. The number of nitrogens with zero attached hydrogens (tertiary/aromatic N) is 4. The van der Waals surface area contributed by atoms with Crippen molar-refractivity contribution in [3.63, 3.8) is 0 Å². The van der Waals surface area contributed by atoms with Gasteiger partial charge in [0.25, 0.3) is 0 Å². The molecule has 0 saturated heterocycles. The molecule has 2 aliphatic carbocycles. The SMILES string of the molecule is CC(=O)c1coc(C(=O)c2cncnc2N[C@@H]2C[C@H](CO)[C@@H](C)C2)c1.CC(=O)c1coc(C(=O)c2cncnc2N[C@@H]2C[C@H](COS(N)(=O)=O)[C@@H](O)C2)c1. The summed E-state index contributed by atoms with van der Waals surface area (Å²) < 4.78 is 36.9. The Hall–Kier alpha value is -5.21. The number of aliphatic hydroxyl groups is 2. The van der Waals surface area contributed by atoms with Gasteiger partial charge in [-0.1, -0.05) is 6.92 Å². The number of carbonyl (C=O) groups is 4. The third-order valence-corrected chi connectivity index (χ3v) is 9.91. The first kappa shape index (κ1) is 40.0. The highest BCUT2D eigenvalue weighted by Crippen LogP contribution is 2.34. The molecule has 0 spiro atoms. The van der Waals surface area contributed by atoms with E-state index >= 15 is 0 Å². The minimum absolute atomic E-state index is 0.0288. The van der Waals surface area contributed by atoms with Crippen molar-refractivity contribution in [1.82, 2.24) is 19.9 Å². The molecule has 6 atom stereocenters. The summed E-state index contributed by atoms with van der Waals surface area (Å²) in [7, 11) is -4.10. The van der Waals surface area contributed by atoms with E-state index in [0.717, 1.165) is 12.8 Å². The van der Waals surface area contributed by atoms with Crippen molar-refractivity contribution in [2.45, 2.75) is 64.6 Å². The first-order valence-corrected chi connectivity index (χ1v) is 18.5. The van der Waals surface area contributed by atoms with Crippen LogP contribution in [-0.4, -0.2) is 93.1 Å². The van der Waals surface area contributed by atoms with E-state index in [1.54, 1.807) is 0 Å². The van der Waals surface area contributed by atoms with Crippen molar-refractivity contribution < 1.29 is 50.8 Å². The van der Waals surface area contributed by atoms with Crippen LogP contribution < -0.4 is 15.8 Å². The fourth-order valence-corrected chi connectivity index (χ4v) is 6.81. The summed E-state index contributed by atoms with van der Waals surface area (Å²) in [5, 5.41) is 30.7. The topological polar surface area (TPSA) is 280 Å². The van der Waals surface area contributed by atoms with E-state index in [-0.39, 0.29) is 77.0 Å². The summed E-state index contributed by atoms with van der Waals surface area (Å²) in [6, 6.07) is 2.63. The number of hydrogen-bond donors (Lipinski definition) is 5. The number of rotatable bonds is 14. The zero-order valence-corrected chi connectivity index (χ0v) is 30.5. The van der Waals surface area contributed by atoms with Gasteiger partial charge < -0.3 is 29.7 Å². The van der Waals surface area contributed by atoms with Crippen LogP contribution in [0.25, 0.3) is 0 Å². The number of nitrogens with one attached hydrogen (secondary N) is 2. The first-order chi connectivity index (χ1) is 25.6. The van der Waals surface area contributed by atoms with Crippen molar-refractivity contribution in [2.24, 2.45) is 22.9 Å². The molecule has 288 valence electrons. The monoisotopic (exact) mass is 767 g/mol. The first-order valence-electron chi connectivity index (χ1n) is 17.0. The standard InChI is InChI=1S/C18H21N3O4.C17H20N4O7S/c1-10-3-14(4-12(10)7-22)21-18-15(6-19-9-20-18)17(24)16-5-13(8-25-16)11(2)23;1-9(22)10-3-15(27-6-10)16(24)13-5-19-8-20-17(13)21-12-2-11(14(23)4-12)7-28-29(18,25)26/h5-6,8-10,12,14,22H,3-4,7H2,1-2H3,(H,19,20,21);3,5-6,8,11-12,14,23H,2,4,7H2,1H3,(H2,18,25,26)(H,19,20,21)/t10-,12+,14-;11-,12-,14+/m01/s1. The molecule has 0 unspecified atom stereocenters. The maximum absolute atomic E-state index is 12.7. The number of Topliss-reactive ketones (excluding diaryl/α,β-unsaturated/α-hetero) is 2. The molecule has 0 aliphatic heterocycles. The summed E-state index contributed by atoms with van der Waals surface area (Å²) in [4.78, 5) is 64.3. The van der Waals surface area contributed by atoms with Gasteiger partial charge in [0.15, 0.2) is 23.1 Å². The van der Waals surface area contributed by atoms with E-state index < -0.39 is 28.1 Å². The molecule has 4 aromatic rings. The van der Waals surface area contributed by atoms with E-state index in [9.17, 15) is 37.8 Å². The molecule has 6 N–H and O–H groups in total. The van der Waals surface area contributed by atoms with E-state index in [1.165, 1.54) is 63.6 Å². The fraction of sp³-hybridized carbons (Fsp3) is 0.429. The lowest BCUT2D eigenvalue weighted by molar-refractivity contribution is 0.100. The number of furan rings is 2. The van der Waals surface area contributed by atoms with Crippen molar-refractivity contribution in [2.75, 3.05) is 23.8 Å². The van der Waals surface area contributed by atoms with Gasteiger partial charge in [-0.25, -0.2) is 25.1 Å². The third kappa shape index (κ3) is 10.1. The largest absolute Gasteiger partial charge is 0.460 e. The Morgan fingerprint density at radius 1 is 0.833 bits per heavy atom. The van der Waals surface area contributed by atoms with Crippen molar-refractivity contribution in [3.05, 3.63) is 83.5 Å². The van der Waals surface area contributed by atoms with Crippen molar-refractivity contribution in [1.29, 1.82) is 0 Å². The van der Waals surface area contributed by atoms with Crippen LogP contribution in [0.15, 0.2) is 58.5 Å². The van der Waals surface area contributed by atoms with Gasteiger partial charge in [0.05, 0.1) is 35.0 Å². The molecular formula is C35H41N7O11S. The van der Waals surface area contributed by atoms with Crippen LogP contribution in [-0.2, 0) is 14.5 Å². The fourth-order valence-electron chi connectivity index (χ4n) is 6.44. The zero-order chi connectivity index (χ0) is 39.2. The van der Waals surface area contributed by atoms with E-state index in [0.29, 0.717) is 35.7 Å². The number of anilines is 2. The molecule has 0 bridgehead atoms. The zero-order valence-electron chi connectivity index (χ0n) is 29.7. The summed E-state index contributed by atoms with van der Waals surface area (Å²) in [6.45, 7) is 4.81. The molecule has 0 amide bonds. The second kappa shape index (κ2) is 17.3. The molecular weight excluding hydrogens is 726 g/mol. The summed E-state index contributed by atoms with van der Waals surface area (Å²) in [6.07, 6.45) is 9.47. The van der Waals surface area contributed by atoms with Crippen LogP contribution >= 0.6 is 0 Å². The normalized spacial score (nSPS) is 22.3. The predicted octanol–water partition coefficient (Wildman–Crippen LogP) is 2.60. The molecule has 6 rings (SSSR count). The number of hydrogen-bond acceptors (Lipinski definition) is 17. The van der Waals surface area contributed by atoms with Gasteiger partial charge in [-0.2, -0.15) is 8.42 Å². The van der Waals surface area contributed by atoms with Crippen LogP contribution in [0, 0.1) is 17.8 Å². The van der Waals surface area contributed by atoms with Crippen LogP contribution in [0.3, 0.4) is 0 Å². The second-order valence-electron chi connectivity index (χ2n) is 13.4. The number of aliphatic hydroxyl groups excluding tert-OH is 2. The Labute approximate surface area is 310 Å². The van der Waals surface area contributed by atoms with Crippen LogP contribution in [0.2, 0.25) is 0 Å². The van der Waals surface area contributed by atoms with Crippen molar-refractivity contribution >= 4 is 45.1 Å². The Bertz CT molecular complexity index is 2100. The van der Waals surface area contributed by atoms with Crippen LogP contribution in [0.5, 0.6) is 0 Å².